The summed E-state index contributed by atoms with van der Waals surface area (Å²) in [7, 11) is 0. The topological polar surface area (TPSA) is 67.4 Å². The van der Waals surface area contributed by atoms with Crippen LogP contribution in [0.4, 0.5) is 10.1 Å². The summed E-state index contributed by atoms with van der Waals surface area (Å²) >= 11 is 0. The Bertz CT molecular complexity index is 756. The Hall–Kier alpha value is -2.73. The predicted octanol–water partition coefficient (Wildman–Crippen LogP) is 2.70. The fraction of sp³-hybridized carbons (Fsp3) is 0.263. The first kappa shape index (κ1) is 17.1. The summed E-state index contributed by atoms with van der Waals surface area (Å²) in [6, 6.07) is 12.8. The Morgan fingerprint density at radius 3 is 2.68 bits per heavy atom. The molecule has 1 aliphatic rings. The molecule has 130 valence electrons. The minimum absolute atomic E-state index is 0.160. The molecule has 25 heavy (non-hydrogen) atoms. The second-order valence-electron chi connectivity index (χ2n) is 5.92. The van der Waals surface area contributed by atoms with Crippen molar-refractivity contribution in [2.45, 2.75) is 12.3 Å². The molecule has 0 aromatic heterocycles. The molecule has 0 spiro atoms. The molecular formula is C19H19FN2O3. The standard InChI is InChI=1S/C19H19FN2O3/c20-16-4-6-17(7-5-16)22-18(23)11-21-19(24)14-3-1-2-13(10-14)15-8-9-25-12-15/h1-7,10,15H,8-9,11-12H2,(H,21,24)(H,22,23)/t15-/m0/s1. The molecule has 0 bridgehead atoms. The Balaban J connectivity index is 1.54. The van der Waals surface area contributed by atoms with Crippen LogP contribution >= 0.6 is 0 Å². The van der Waals surface area contributed by atoms with Crippen molar-refractivity contribution in [3.8, 4) is 0 Å². The van der Waals surface area contributed by atoms with Crippen LogP contribution in [0.15, 0.2) is 48.5 Å². The third-order valence-electron chi connectivity index (χ3n) is 4.09. The first-order valence-electron chi connectivity index (χ1n) is 8.13. The SMILES string of the molecule is O=C(CNC(=O)c1cccc([C@H]2CCOC2)c1)Nc1ccc(F)cc1. The highest BCUT2D eigenvalue weighted by molar-refractivity contribution is 5.99. The second-order valence-corrected chi connectivity index (χ2v) is 5.92. The lowest BCUT2D eigenvalue weighted by atomic mass is 9.96. The van der Waals surface area contributed by atoms with Gasteiger partial charge in [-0.25, -0.2) is 4.39 Å². The maximum atomic E-state index is 12.8. The summed E-state index contributed by atoms with van der Waals surface area (Å²) in [5, 5.41) is 5.19. The summed E-state index contributed by atoms with van der Waals surface area (Å²) in [6.07, 6.45) is 0.950. The Kier molecular flexibility index (Phi) is 5.40. The van der Waals surface area contributed by atoms with Crippen LogP contribution in [0.1, 0.15) is 28.3 Å². The monoisotopic (exact) mass is 342 g/mol. The molecular weight excluding hydrogens is 323 g/mol. The third kappa shape index (κ3) is 4.64. The first-order chi connectivity index (χ1) is 12.1. The van der Waals surface area contributed by atoms with Crippen molar-refractivity contribution in [1.29, 1.82) is 0 Å². The maximum Gasteiger partial charge on any atom is 0.251 e. The van der Waals surface area contributed by atoms with Gasteiger partial charge in [-0.15, -0.1) is 0 Å². The smallest absolute Gasteiger partial charge is 0.251 e. The van der Waals surface area contributed by atoms with E-state index < -0.39 is 0 Å². The Morgan fingerprint density at radius 1 is 1.16 bits per heavy atom. The number of hydrogen-bond acceptors (Lipinski definition) is 3. The van der Waals surface area contributed by atoms with E-state index in [2.05, 4.69) is 10.6 Å². The number of hydrogen-bond donors (Lipinski definition) is 2. The number of anilines is 1. The van der Waals surface area contributed by atoms with Crippen LogP contribution in [0.25, 0.3) is 0 Å². The zero-order valence-electron chi connectivity index (χ0n) is 13.6. The van der Waals surface area contributed by atoms with Crippen LogP contribution in [0.3, 0.4) is 0 Å². The fourth-order valence-corrected chi connectivity index (χ4v) is 2.73. The second kappa shape index (κ2) is 7.90. The normalized spacial score (nSPS) is 16.4. The van der Waals surface area contributed by atoms with Gasteiger partial charge in [-0.2, -0.15) is 0 Å². The molecule has 1 saturated heterocycles. The lowest BCUT2D eigenvalue weighted by molar-refractivity contribution is -0.115. The number of nitrogens with one attached hydrogen (secondary N) is 2. The summed E-state index contributed by atoms with van der Waals surface area (Å²) in [6.45, 7) is 1.25. The molecule has 1 fully saturated rings. The number of ether oxygens (including phenoxy) is 1. The number of amides is 2. The molecule has 0 radical (unpaired) electrons. The molecule has 0 aliphatic carbocycles. The van der Waals surface area contributed by atoms with Crippen molar-refractivity contribution in [2.75, 3.05) is 25.1 Å². The van der Waals surface area contributed by atoms with Crippen LogP contribution < -0.4 is 10.6 Å². The van der Waals surface area contributed by atoms with E-state index in [1.807, 2.05) is 18.2 Å². The Morgan fingerprint density at radius 2 is 1.96 bits per heavy atom. The molecule has 2 N–H and O–H groups in total. The number of rotatable bonds is 5. The number of benzene rings is 2. The van der Waals surface area contributed by atoms with Gasteiger partial charge in [-0.05, 0) is 48.4 Å². The first-order valence-corrected chi connectivity index (χ1v) is 8.13. The van der Waals surface area contributed by atoms with E-state index in [-0.39, 0.29) is 24.2 Å². The maximum absolute atomic E-state index is 12.8. The third-order valence-corrected chi connectivity index (χ3v) is 4.09. The van der Waals surface area contributed by atoms with E-state index >= 15 is 0 Å². The van der Waals surface area contributed by atoms with Gasteiger partial charge in [0, 0.05) is 23.8 Å². The van der Waals surface area contributed by atoms with Gasteiger partial charge in [0.25, 0.3) is 5.91 Å². The van der Waals surface area contributed by atoms with Gasteiger partial charge in [-0.3, -0.25) is 9.59 Å². The van der Waals surface area contributed by atoms with Crippen LogP contribution in [-0.2, 0) is 9.53 Å². The minimum atomic E-state index is -0.376. The van der Waals surface area contributed by atoms with Crippen molar-refractivity contribution in [3.63, 3.8) is 0 Å². The van der Waals surface area contributed by atoms with Gasteiger partial charge < -0.3 is 15.4 Å². The minimum Gasteiger partial charge on any atom is -0.381 e. The molecule has 1 heterocycles. The largest absolute Gasteiger partial charge is 0.381 e. The van der Waals surface area contributed by atoms with E-state index in [4.69, 9.17) is 4.74 Å². The van der Waals surface area contributed by atoms with Crippen molar-refractivity contribution < 1.29 is 18.7 Å². The van der Waals surface area contributed by atoms with E-state index in [0.29, 0.717) is 23.8 Å². The number of carbonyl (C=O) groups excluding carboxylic acids is 2. The number of carbonyl (C=O) groups is 2. The van der Waals surface area contributed by atoms with E-state index in [1.165, 1.54) is 24.3 Å². The molecule has 6 heteroatoms. The van der Waals surface area contributed by atoms with Gasteiger partial charge in [0.1, 0.15) is 5.82 Å². The van der Waals surface area contributed by atoms with Crippen molar-refractivity contribution in [2.24, 2.45) is 0 Å². The summed E-state index contributed by atoms with van der Waals surface area (Å²) in [5.74, 6) is -0.747. The molecule has 0 unspecified atom stereocenters. The predicted molar refractivity (Wildman–Crippen MR) is 92.0 cm³/mol. The highest BCUT2D eigenvalue weighted by Crippen LogP contribution is 2.25. The van der Waals surface area contributed by atoms with Gasteiger partial charge in [0.15, 0.2) is 0 Å². The average molecular weight is 342 g/mol. The van der Waals surface area contributed by atoms with E-state index in [1.54, 1.807) is 6.07 Å². The molecule has 2 amide bonds. The lowest BCUT2D eigenvalue weighted by Gasteiger charge is -2.10. The molecule has 3 rings (SSSR count). The zero-order chi connectivity index (χ0) is 17.6. The summed E-state index contributed by atoms with van der Waals surface area (Å²) < 4.78 is 18.2. The fourth-order valence-electron chi connectivity index (χ4n) is 2.73. The van der Waals surface area contributed by atoms with Crippen LogP contribution in [0, 0.1) is 5.82 Å². The van der Waals surface area contributed by atoms with Crippen molar-refractivity contribution in [1.82, 2.24) is 5.32 Å². The molecule has 0 saturated carbocycles. The van der Waals surface area contributed by atoms with Gasteiger partial charge in [0.2, 0.25) is 5.91 Å². The van der Waals surface area contributed by atoms with E-state index in [9.17, 15) is 14.0 Å². The average Bonchev–Trinajstić information content (AvgIpc) is 3.16. The highest BCUT2D eigenvalue weighted by Gasteiger charge is 2.19. The van der Waals surface area contributed by atoms with Crippen LogP contribution in [0.5, 0.6) is 0 Å². The molecule has 1 atom stereocenters. The van der Waals surface area contributed by atoms with Gasteiger partial charge >= 0.3 is 0 Å². The zero-order valence-corrected chi connectivity index (χ0v) is 13.6. The number of halogens is 1. The van der Waals surface area contributed by atoms with Crippen molar-refractivity contribution in [3.05, 3.63) is 65.5 Å². The Labute approximate surface area is 145 Å². The molecule has 5 nitrogen and oxygen atoms in total. The summed E-state index contributed by atoms with van der Waals surface area (Å²) in [5.41, 5.74) is 2.06. The van der Waals surface area contributed by atoms with E-state index in [0.717, 1.165) is 18.6 Å². The molecule has 2 aromatic carbocycles. The summed E-state index contributed by atoms with van der Waals surface area (Å²) in [4.78, 5) is 24.1. The highest BCUT2D eigenvalue weighted by atomic mass is 19.1. The quantitative estimate of drug-likeness (QED) is 0.878. The van der Waals surface area contributed by atoms with Gasteiger partial charge in [-0.1, -0.05) is 12.1 Å². The van der Waals surface area contributed by atoms with Gasteiger partial charge in [0.05, 0.1) is 13.2 Å². The van der Waals surface area contributed by atoms with Crippen LogP contribution in [-0.4, -0.2) is 31.6 Å². The molecule has 1 aliphatic heterocycles. The van der Waals surface area contributed by atoms with Crippen LogP contribution in [0.2, 0.25) is 0 Å². The lowest BCUT2D eigenvalue weighted by Crippen LogP contribution is -2.32. The van der Waals surface area contributed by atoms with Crippen molar-refractivity contribution >= 4 is 17.5 Å². The molecule has 2 aromatic rings.